The summed E-state index contributed by atoms with van der Waals surface area (Å²) in [6, 6.07) is 10.7. The van der Waals surface area contributed by atoms with E-state index in [0.29, 0.717) is 25.1 Å². The number of rotatable bonds is 24. The maximum absolute atomic E-state index is 14.5. The van der Waals surface area contributed by atoms with E-state index in [1.807, 2.05) is 32.9 Å². The van der Waals surface area contributed by atoms with Crippen molar-refractivity contribution >= 4 is 43.5 Å². The van der Waals surface area contributed by atoms with Gasteiger partial charge in [0.25, 0.3) is 5.91 Å². The summed E-state index contributed by atoms with van der Waals surface area (Å²) in [4.78, 5) is 42.7. The molecule has 8 atom stereocenters. The monoisotopic (exact) mass is 913 g/mol. The molecule has 1 fully saturated rings. The predicted molar refractivity (Wildman–Crippen MR) is 239 cm³/mol. The molecular weight excluding hydrogens is 850 g/mol. The van der Waals surface area contributed by atoms with Crippen LogP contribution < -0.4 is 26.1 Å². The fourth-order valence-corrected chi connectivity index (χ4v) is 8.44. The van der Waals surface area contributed by atoms with Crippen molar-refractivity contribution in [2.24, 2.45) is 17.8 Å². The molecule has 2 aromatic rings. The molecule has 0 spiro atoms. The van der Waals surface area contributed by atoms with Crippen molar-refractivity contribution in [2.45, 2.75) is 101 Å². The molecule has 3 amide bonds. The molecule has 0 radical (unpaired) electrons. The zero-order valence-electron chi connectivity index (χ0n) is 36.0. The normalized spacial score (nSPS) is 18.0. The van der Waals surface area contributed by atoms with E-state index in [1.165, 1.54) is 31.2 Å². The number of amides is 3. The van der Waals surface area contributed by atoms with E-state index < -0.39 is 57.1 Å². The number of hydrogen-bond acceptors (Lipinski definition) is 10. The summed E-state index contributed by atoms with van der Waals surface area (Å²) in [6.07, 6.45) is 8.38. The van der Waals surface area contributed by atoms with Gasteiger partial charge in [-0.25, -0.2) is 13.8 Å². The van der Waals surface area contributed by atoms with Gasteiger partial charge in [0.15, 0.2) is 0 Å². The molecule has 1 saturated heterocycles. The number of hydrogen-bond donors (Lipinski definition) is 4. The second-order valence-corrected chi connectivity index (χ2v) is 18.5. The number of ether oxygens (including phenoxy) is 3. The highest BCUT2D eigenvalue weighted by Gasteiger charge is 2.37. The van der Waals surface area contributed by atoms with Crippen molar-refractivity contribution in [2.75, 3.05) is 27.3 Å². The summed E-state index contributed by atoms with van der Waals surface area (Å²) in [5, 5.41) is 10.7. The summed E-state index contributed by atoms with van der Waals surface area (Å²) in [6.45, 7) is 21.5. The first-order chi connectivity index (χ1) is 28.5. The maximum atomic E-state index is 14.5. The minimum Gasteiger partial charge on any atom is -0.474 e. The van der Waals surface area contributed by atoms with Crippen LogP contribution >= 0.6 is 15.9 Å². The molecule has 60 heavy (non-hydrogen) atoms. The van der Waals surface area contributed by atoms with Crippen LogP contribution in [0.2, 0.25) is 0 Å². The predicted octanol–water partition coefficient (Wildman–Crippen LogP) is 6.04. The van der Waals surface area contributed by atoms with Crippen molar-refractivity contribution in [1.29, 1.82) is 0 Å². The number of nitrogens with zero attached hydrogens (tertiary/aromatic N) is 1. The number of sulfone groups is 1. The van der Waals surface area contributed by atoms with Gasteiger partial charge in [0.2, 0.25) is 27.1 Å². The first kappa shape index (κ1) is 50.1. The van der Waals surface area contributed by atoms with Gasteiger partial charge < -0.3 is 30.2 Å². The fourth-order valence-electron chi connectivity index (χ4n) is 7.04. The summed E-state index contributed by atoms with van der Waals surface area (Å²) < 4.78 is 44.8. The van der Waals surface area contributed by atoms with Crippen LogP contribution in [0.15, 0.2) is 108 Å². The molecule has 13 nitrogen and oxygen atoms in total. The second-order valence-electron chi connectivity index (χ2n) is 15.3. The van der Waals surface area contributed by atoms with E-state index in [2.05, 4.69) is 57.0 Å². The molecule has 0 bridgehead atoms. The van der Waals surface area contributed by atoms with E-state index in [9.17, 15) is 22.8 Å². The lowest BCUT2D eigenvalue weighted by Crippen LogP contribution is -2.61. The Morgan fingerprint density at radius 3 is 2.32 bits per heavy atom. The molecule has 3 rings (SSSR count). The molecule has 330 valence electrons. The van der Waals surface area contributed by atoms with Gasteiger partial charge in [-0.15, -0.1) is 6.58 Å². The number of nitrogens with one attached hydrogen (secondary N) is 4. The van der Waals surface area contributed by atoms with Gasteiger partial charge in [0, 0.05) is 49.8 Å². The Kier molecular flexibility index (Phi) is 20.2. The molecule has 1 heterocycles. The van der Waals surface area contributed by atoms with E-state index >= 15 is 0 Å². The largest absolute Gasteiger partial charge is 0.474 e. The molecule has 4 N–H and O–H groups in total. The van der Waals surface area contributed by atoms with Gasteiger partial charge in [0.05, 0.1) is 29.1 Å². The van der Waals surface area contributed by atoms with Crippen LogP contribution in [0.4, 0.5) is 0 Å². The highest BCUT2D eigenvalue weighted by atomic mass is 79.9. The molecule has 0 saturated carbocycles. The Balaban J connectivity index is 1.90. The quantitative estimate of drug-likeness (QED) is 0.0556. The first-order valence-corrected chi connectivity index (χ1v) is 22.6. The Bertz CT molecular complexity index is 1910. The van der Waals surface area contributed by atoms with Crippen molar-refractivity contribution < 1.29 is 37.0 Å². The summed E-state index contributed by atoms with van der Waals surface area (Å²) >= 11 is 3.33. The van der Waals surface area contributed by atoms with Crippen molar-refractivity contribution in [3.05, 3.63) is 108 Å². The van der Waals surface area contributed by atoms with Gasteiger partial charge in [-0.3, -0.25) is 19.4 Å². The summed E-state index contributed by atoms with van der Waals surface area (Å²) in [5.41, 5.74) is 3.41. The third-order valence-corrected chi connectivity index (χ3v) is 13.0. The molecular formula is C45H64BrN5O8S. The average Bonchev–Trinajstić information content (AvgIpc) is 3.22. The maximum Gasteiger partial charge on any atom is 0.259 e. The zero-order valence-corrected chi connectivity index (χ0v) is 38.4. The Morgan fingerprint density at radius 1 is 1.00 bits per heavy atom. The topological polar surface area (TPSA) is 164 Å². The van der Waals surface area contributed by atoms with Crippen molar-refractivity contribution in [3.63, 3.8) is 0 Å². The van der Waals surface area contributed by atoms with Gasteiger partial charge in [-0.2, -0.15) is 0 Å². The number of benzene rings is 2. The van der Waals surface area contributed by atoms with Crippen molar-refractivity contribution in [3.8, 4) is 5.75 Å². The molecule has 1 unspecified atom stereocenters. The summed E-state index contributed by atoms with van der Waals surface area (Å²) in [5.74, 6) is -2.32. The van der Waals surface area contributed by atoms with Crippen LogP contribution in [0, 0.1) is 17.8 Å². The minimum absolute atomic E-state index is 0.0338. The zero-order chi connectivity index (χ0) is 44.6. The smallest absolute Gasteiger partial charge is 0.259 e. The third-order valence-electron chi connectivity index (χ3n) is 10.6. The molecule has 0 aromatic heterocycles. The molecule has 1 aliphatic rings. The lowest BCUT2D eigenvalue weighted by Gasteiger charge is -2.37. The number of halogens is 1. The highest BCUT2D eigenvalue weighted by molar-refractivity contribution is 9.10. The number of hydrazine groups is 1. The van der Waals surface area contributed by atoms with Crippen molar-refractivity contribution in [1.82, 2.24) is 26.4 Å². The third kappa shape index (κ3) is 14.2. The van der Waals surface area contributed by atoms with Crippen LogP contribution in [-0.2, 0) is 40.1 Å². The van der Waals surface area contributed by atoms with Gasteiger partial charge in [-0.1, -0.05) is 93.2 Å². The number of allylic oxidation sites excluding steroid dienone is 2. The van der Waals surface area contributed by atoms with Gasteiger partial charge >= 0.3 is 0 Å². The van der Waals surface area contributed by atoms with E-state index in [-0.39, 0.29) is 41.0 Å². The number of carbonyl (C=O) groups is 3. The van der Waals surface area contributed by atoms with Crippen LogP contribution in [0.25, 0.3) is 0 Å². The molecule has 15 heteroatoms. The van der Waals surface area contributed by atoms with E-state index in [0.717, 1.165) is 23.0 Å². The lowest BCUT2D eigenvalue weighted by atomic mass is 9.87. The molecule has 2 aromatic carbocycles. The lowest BCUT2D eigenvalue weighted by molar-refractivity contribution is -0.142. The number of carbonyl (C=O) groups excluding carboxylic acids is 3. The Morgan fingerprint density at radius 2 is 1.70 bits per heavy atom. The Hall–Kier alpha value is -4.28. The average molecular weight is 915 g/mol. The van der Waals surface area contributed by atoms with Crippen LogP contribution in [0.5, 0.6) is 5.75 Å². The molecule has 0 aliphatic carbocycles. The summed E-state index contributed by atoms with van der Waals surface area (Å²) in [7, 11) is -0.734. The highest BCUT2D eigenvalue weighted by Crippen LogP contribution is 2.25. The SMILES string of the molecule is C=C/C=C/[C@H](OC)[C@H](C)[C@@H](OC)[C@@H](C)C(=O)N[C@H](C(=O)N[C@@H](Cc1cccc(OC(C)S(=O)(=O)c2ccc(Br)cc2)c1)C(=O)N1CCC[C@@H](C(=C)NCCC=C)N1)C(C)C. The first-order valence-electron chi connectivity index (χ1n) is 20.3. The second kappa shape index (κ2) is 24.2. The van der Waals surface area contributed by atoms with Crippen LogP contribution in [-0.4, -0.2) is 94.2 Å². The number of methoxy groups -OCH3 is 2. The van der Waals surface area contributed by atoms with Gasteiger partial charge in [-0.05, 0) is 74.1 Å². The van der Waals surface area contributed by atoms with Gasteiger partial charge in [0.1, 0.15) is 17.8 Å². The molecule has 1 aliphatic heterocycles. The van der Waals surface area contributed by atoms with Crippen LogP contribution in [0.1, 0.15) is 59.4 Å². The van der Waals surface area contributed by atoms with E-state index in [4.69, 9.17) is 14.2 Å². The fraction of sp³-hybridized carbons (Fsp3) is 0.489. The Labute approximate surface area is 365 Å². The minimum atomic E-state index is -3.85. The van der Waals surface area contributed by atoms with Crippen LogP contribution in [0.3, 0.4) is 0 Å². The van der Waals surface area contributed by atoms with E-state index in [1.54, 1.807) is 62.6 Å². The standard InChI is InChI=1S/C45H64BrN5O8S/c1-11-13-20-40(57-9)30(5)42(58-10)31(6)43(52)49-41(29(3)4)44(53)48-39(45(54)51-26-16-19-38(50-51)32(7)47-25-14-12-2)28-34-17-15-18-36(27-34)59-33(8)60(55,56)37-23-21-35(46)22-24-37/h11-13,15,17-18,20-24,27,29-31,33,38-42,47,50H,1-2,7,14,16,19,25-26,28H2,3-6,8-10H3,(H,48,53)(H,49,52)/b20-13+/t30-,31+,33?,38-,39-,40-,41-,42+/m0/s1.